The van der Waals surface area contributed by atoms with Gasteiger partial charge in [0.25, 0.3) is 5.91 Å². The molecule has 9 heteroatoms. The first kappa shape index (κ1) is 19.0. The lowest BCUT2D eigenvalue weighted by Gasteiger charge is -2.11. The van der Waals surface area contributed by atoms with Crippen LogP contribution in [0.15, 0.2) is 52.3 Å². The van der Waals surface area contributed by atoms with Crippen molar-refractivity contribution in [2.75, 3.05) is 7.11 Å². The molecule has 0 atom stereocenters. The van der Waals surface area contributed by atoms with E-state index in [0.29, 0.717) is 10.5 Å². The second-order valence-corrected chi connectivity index (χ2v) is 8.25. The first-order valence-corrected chi connectivity index (χ1v) is 9.99. The summed E-state index contributed by atoms with van der Waals surface area (Å²) in [5, 5.41) is 9.90. The minimum atomic E-state index is -4.01. The first-order valence-electron chi connectivity index (χ1n) is 7.77. The van der Waals surface area contributed by atoms with Gasteiger partial charge in [0.1, 0.15) is 4.90 Å². The maximum atomic E-state index is 12.5. The lowest BCUT2D eigenvalue weighted by Crippen LogP contribution is -2.18. The predicted octanol–water partition coefficient (Wildman–Crippen LogP) is 2.91. The Hall–Kier alpha value is -2.78. The average Bonchev–Trinajstić information content (AvgIpc) is 2.93. The zero-order valence-corrected chi connectivity index (χ0v) is 16.1. The third-order valence-corrected chi connectivity index (χ3v) is 5.74. The highest BCUT2D eigenvalue weighted by Gasteiger charge is 2.23. The number of carbonyl (C=O) groups is 1. The third kappa shape index (κ3) is 4.32. The molecule has 1 heterocycles. The van der Waals surface area contributed by atoms with Crippen molar-refractivity contribution in [3.63, 3.8) is 0 Å². The number of nitrogens with one attached hydrogen (secondary N) is 2. The molecule has 2 N–H and O–H groups in total. The van der Waals surface area contributed by atoms with Gasteiger partial charge >= 0.3 is 10.1 Å². The van der Waals surface area contributed by atoms with Crippen LogP contribution < -0.4 is 14.2 Å². The molecule has 0 aliphatic carbocycles. The van der Waals surface area contributed by atoms with Crippen molar-refractivity contribution < 1.29 is 22.1 Å². The molecule has 2 aromatic rings. The fraction of sp³-hybridized carbons (Fsp3) is 0.111. The summed E-state index contributed by atoms with van der Waals surface area (Å²) in [6, 6.07) is 10.9. The quantitative estimate of drug-likeness (QED) is 0.586. The van der Waals surface area contributed by atoms with Crippen molar-refractivity contribution in [2.24, 2.45) is 0 Å². The number of benzene rings is 2. The minimum Gasteiger partial charge on any atom is -0.493 e. The highest BCUT2D eigenvalue weighted by atomic mass is 32.2. The summed E-state index contributed by atoms with van der Waals surface area (Å²) in [7, 11) is -2.61. The zero-order chi connectivity index (χ0) is 19.6. The van der Waals surface area contributed by atoms with Crippen LogP contribution in [0.25, 0.3) is 6.08 Å². The Morgan fingerprint density at radius 1 is 1.11 bits per heavy atom. The Kier molecular flexibility index (Phi) is 5.24. The van der Waals surface area contributed by atoms with Crippen LogP contribution in [-0.2, 0) is 14.9 Å². The van der Waals surface area contributed by atoms with Gasteiger partial charge in [-0.3, -0.25) is 10.2 Å². The van der Waals surface area contributed by atoms with Crippen molar-refractivity contribution >= 4 is 39.0 Å². The molecule has 1 amide bonds. The fourth-order valence-electron chi connectivity index (χ4n) is 2.31. The van der Waals surface area contributed by atoms with Crippen molar-refractivity contribution in [2.45, 2.75) is 11.8 Å². The van der Waals surface area contributed by atoms with Gasteiger partial charge in [-0.05, 0) is 54.6 Å². The van der Waals surface area contributed by atoms with Crippen LogP contribution in [0.2, 0.25) is 0 Å². The van der Waals surface area contributed by atoms with Gasteiger partial charge in [0, 0.05) is 0 Å². The van der Waals surface area contributed by atoms with Gasteiger partial charge in [-0.25, -0.2) is 0 Å². The summed E-state index contributed by atoms with van der Waals surface area (Å²) < 4.78 is 35.4. The summed E-state index contributed by atoms with van der Waals surface area (Å²) in [4.78, 5) is 12.1. The number of hydrogen-bond acceptors (Lipinski definition) is 7. The van der Waals surface area contributed by atoms with Crippen molar-refractivity contribution in [1.29, 1.82) is 5.41 Å². The Morgan fingerprint density at radius 3 is 2.41 bits per heavy atom. The second kappa shape index (κ2) is 7.45. The van der Waals surface area contributed by atoms with E-state index in [1.165, 1.54) is 25.3 Å². The molecule has 0 saturated carbocycles. The van der Waals surface area contributed by atoms with Crippen molar-refractivity contribution in [3.05, 3.63) is 58.5 Å². The monoisotopic (exact) mass is 404 g/mol. The van der Waals surface area contributed by atoms with E-state index in [0.717, 1.165) is 17.3 Å². The molecule has 27 heavy (non-hydrogen) atoms. The second-order valence-electron chi connectivity index (χ2n) is 5.65. The van der Waals surface area contributed by atoms with Gasteiger partial charge in [0.2, 0.25) is 0 Å². The summed E-state index contributed by atoms with van der Waals surface area (Å²) in [6.07, 6.45) is 1.59. The smallest absolute Gasteiger partial charge is 0.339 e. The van der Waals surface area contributed by atoms with E-state index in [4.69, 9.17) is 14.3 Å². The number of ether oxygens (including phenoxy) is 1. The summed E-state index contributed by atoms with van der Waals surface area (Å²) in [5.41, 5.74) is 1.55. The van der Waals surface area contributed by atoms with Gasteiger partial charge in [-0.1, -0.05) is 23.8 Å². The molecule has 1 saturated heterocycles. The number of rotatable bonds is 5. The van der Waals surface area contributed by atoms with E-state index in [2.05, 4.69) is 5.32 Å². The topological polar surface area (TPSA) is 106 Å². The number of carbonyl (C=O) groups excluding carboxylic acids is 1. The van der Waals surface area contributed by atoms with Gasteiger partial charge in [0.05, 0.1) is 12.0 Å². The van der Waals surface area contributed by atoms with Gasteiger partial charge in [-0.15, -0.1) is 0 Å². The lowest BCUT2D eigenvalue weighted by atomic mass is 10.2. The minimum absolute atomic E-state index is 0.0384. The van der Waals surface area contributed by atoms with Crippen LogP contribution in [0, 0.1) is 12.3 Å². The van der Waals surface area contributed by atoms with Crippen LogP contribution in [0.5, 0.6) is 11.5 Å². The molecule has 140 valence electrons. The molecule has 0 aromatic heterocycles. The van der Waals surface area contributed by atoms with Gasteiger partial charge < -0.3 is 14.2 Å². The van der Waals surface area contributed by atoms with Crippen LogP contribution in [-0.4, -0.2) is 26.6 Å². The number of hydrogen-bond donors (Lipinski definition) is 2. The highest BCUT2D eigenvalue weighted by Crippen LogP contribution is 2.33. The zero-order valence-electron chi connectivity index (χ0n) is 14.5. The Bertz CT molecular complexity index is 1040. The van der Waals surface area contributed by atoms with Crippen molar-refractivity contribution in [1.82, 2.24) is 5.32 Å². The molecule has 0 unspecified atom stereocenters. The highest BCUT2D eigenvalue weighted by molar-refractivity contribution is 8.18. The predicted molar refractivity (Wildman–Crippen MR) is 103 cm³/mol. The molecule has 1 aliphatic rings. The molecule has 3 rings (SSSR count). The van der Waals surface area contributed by atoms with Gasteiger partial charge in [-0.2, -0.15) is 8.42 Å². The van der Waals surface area contributed by atoms with Crippen LogP contribution >= 0.6 is 11.8 Å². The third-order valence-electron chi connectivity index (χ3n) is 3.66. The molecule has 0 radical (unpaired) electrons. The maximum absolute atomic E-state index is 12.5. The standard InChI is InChI=1S/C18H16N2O5S2/c1-11-3-6-13(7-4-11)27(22,23)25-14-8-5-12(9-15(14)24-2)10-16-17(21)20-18(19)26-16/h3-10H,1-2H3,(H2,19,20,21). The van der Waals surface area contributed by atoms with Crippen LogP contribution in [0.1, 0.15) is 11.1 Å². The SMILES string of the molecule is COc1cc(C=C2SC(=N)NC2=O)ccc1OS(=O)(=O)c1ccc(C)cc1. The Morgan fingerprint density at radius 2 is 1.81 bits per heavy atom. The summed E-state index contributed by atoms with van der Waals surface area (Å²) in [5.74, 6) is -0.110. The molecule has 7 nitrogen and oxygen atoms in total. The average molecular weight is 404 g/mol. The van der Waals surface area contributed by atoms with Gasteiger partial charge in [0.15, 0.2) is 16.7 Å². The molecule has 0 spiro atoms. The fourth-order valence-corrected chi connectivity index (χ4v) is 3.95. The van der Waals surface area contributed by atoms with Crippen molar-refractivity contribution in [3.8, 4) is 11.5 Å². The summed E-state index contributed by atoms with van der Waals surface area (Å²) >= 11 is 1.01. The number of amides is 1. The van der Waals surface area contributed by atoms with E-state index >= 15 is 0 Å². The van der Waals surface area contributed by atoms with E-state index in [1.54, 1.807) is 30.3 Å². The van der Waals surface area contributed by atoms with Crippen LogP contribution in [0.4, 0.5) is 0 Å². The van der Waals surface area contributed by atoms with Crippen LogP contribution in [0.3, 0.4) is 0 Å². The number of methoxy groups -OCH3 is 1. The van der Waals surface area contributed by atoms with E-state index in [-0.39, 0.29) is 27.5 Å². The number of aryl methyl sites for hydroxylation is 1. The Labute approximate surface area is 161 Å². The maximum Gasteiger partial charge on any atom is 0.339 e. The molecular formula is C18H16N2O5S2. The number of amidine groups is 1. The lowest BCUT2D eigenvalue weighted by molar-refractivity contribution is -0.115. The molecule has 2 aromatic carbocycles. The molecule has 1 fully saturated rings. The first-order chi connectivity index (χ1) is 12.8. The molecular weight excluding hydrogens is 388 g/mol. The summed E-state index contributed by atoms with van der Waals surface area (Å²) in [6.45, 7) is 1.86. The van der Waals surface area contributed by atoms with E-state index in [9.17, 15) is 13.2 Å². The molecule has 1 aliphatic heterocycles. The largest absolute Gasteiger partial charge is 0.493 e. The van der Waals surface area contributed by atoms with E-state index < -0.39 is 10.1 Å². The normalized spacial score (nSPS) is 15.7. The van der Waals surface area contributed by atoms with E-state index in [1.807, 2.05) is 6.92 Å². The molecule has 0 bridgehead atoms. The Balaban J connectivity index is 1.89. The number of thioether (sulfide) groups is 1.